The van der Waals surface area contributed by atoms with Gasteiger partial charge in [-0.2, -0.15) is 0 Å². The first kappa shape index (κ1) is 13.6. The van der Waals surface area contributed by atoms with Crippen molar-refractivity contribution in [1.82, 2.24) is 9.38 Å². The molecule has 2 aromatic heterocycles. The van der Waals surface area contributed by atoms with Gasteiger partial charge in [0.2, 0.25) is 0 Å². The minimum atomic E-state index is -0.223. The molecule has 3 rings (SSSR count). The van der Waals surface area contributed by atoms with E-state index in [2.05, 4.69) is 10.3 Å². The molecule has 0 aliphatic carbocycles. The molecule has 1 amide bonds. The molecular formula is C16H14ClN3O. The third-order valence-corrected chi connectivity index (χ3v) is 3.69. The molecule has 0 saturated heterocycles. The summed E-state index contributed by atoms with van der Waals surface area (Å²) in [6, 6.07) is 11.0. The number of imidazole rings is 1. The molecule has 21 heavy (non-hydrogen) atoms. The monoisotopic (exact) mass is 299 g/mol. The summed E-state index contributed by atoms with van der Waals surface area (Å²) in [6.45, 7) is 3.80. The molecule has 0 saturated carbocycles. The number of carbonyl (C=O) groups excluding carboxylic acids is 1. The van der Waals surface area contributed by atoms with Gasteiger partial charge in [-0.15, -0.1) is 0 Å². The SMILES string of the molecule is Cc1nc2c(C)cccn2c1C(=O)Nc1ccccc1Cl. The molecule has 0 fully saturated rings. The Kier molecular flexibility index (Phi) is 3.39. The third-order valence-electron chi connectivity index (χ3n) is 3.36. The van der Waals surface area contributed by atoms with E-state index < -0.39 is 0 Å². The van der Waals surface area contributed by atoms with Crippen molar-refractivity contribution >= 4 is 28.8 Å². The van der Waals surface area contributed by atoms with Gasteiger partial charge in [-0.3, -0.25) is 9.20 Å². The van der Waals surface area contributed by atoms with Gasteiger partial charge in [-0.05, 0) is 37.6 Å². The van der Waals surface area contributed by atoms with Crippen LogP contribution in [0.5, 0.6) is 0 Å². The number of nitrogens with zero attached hydrogens (tertiary/aromatic N) is 2. The highest BCUT2D eigenvalue weighted by Gasteiger charge is 2.18. The molecule has 0 aliphatic rings. The number of benzene rings is 1. The maximum Gasteiger partial charge on any atom is 0.274 e. The number of aryl methyl sites for hydroxylation is 2. The maximum absolute atomic E-state index is 12.5. The first-order chi connectivity index (χ1) is 10.1. The van der Waals surface area contributed by atoms with Crippen molar-refractivity contribution in [3.05, 3.63) is 64.6 Å². The van der Waals surface area contributed by atoms with Crippen LogP contribution in [0, 0.1) is 13.8 Å². The highest BCUT2D eigenvalue weighted by atomic mass is 35.5. The van der Waals surface area contributed by atoms with E-state index in [0.717, 1.165) is 11.2 Å². The Morgan fingerprint density at radius 3 is 2.71 bits per heavy atom. The topological polar surface area (TPSA) is 46.4 Å². The van der Waals surface area contributed by atoms with Gasteiger partial charge in [0.1, 0.15) is 11.3 Å². The molecule has 1 aromatic carbocycles. The molecule has 1 N–H and O–H groups in total. The van der Waals surface area contributed by atoms with Crippen molar-refractivity contribution in [3.8, 4) is 0 Å². The van der Waals surface area contributed by atoms with E-state index in [9.17, 15) is 4.79 Å². The number of para-hydroxylation sites is 1. The van der Waals surface area contributed by atoms with E-state index in [4.69, 9.17) is 11.6 Å². The summed E-state index contributed by atoms with van der Waals surface area (Å²) in [5.74, 6) is -0.223. The predicted octanol–water partition coefficient (Wildman–Crippen LogP) is 3.86. The fraction of sp³-hybridized carbons (Fsp3) is 0.125. The Bertz CT molecular complexity index is 839. The summed E-state index contributed by atoms with van der Waals surface area (Å²) in [5.41, 5.74) is 3.62. The van der Waals surface area contributed by atoms with E-state index in [1.165, 1.54) is 0 Å². The number of hydrogen-bond acceptors (Lipinski definition) is 2. The largest absolute Gasteiger partial charge is 0.319 e. The number of halogens is 1. The molecule has 0 bridgehead atoms. The molecule has 5 heteroatoms. The van der Waals surface area contributed by atoms with Crippen molar-refractivity contribution in [2.24, 2.45) is 0 Å². The Morgan fingerprint density at radius 2 is 1.95 bits per heavy atom. The Balaban J connectivity index is 2.05. The van der Waals surface area contributed by atoms with Crippen LogP contribution >= 0.6 is 11.6 Å². The molecule has 0 aliphatic heterocycles. The fourth-order valence-electron chi connectivity index (χ4n) is 2.33. The van der Waals surface area contributed by atoms with Gasteiger partial charge in [0.25, 0.3) is 5.91 Å². The average Bonchev–Trinajstić information content (AvgIpc) is 2.79. The van der Waals surface area contributed by atoms with Crippen LogP contribution in [-0.2, 0) is 0 Å². The van der Waals surface area contributed by atoms with Gasteiger partial charge in [0.05, 0.1) is 16.4 Å². The van der Waals surface area contributed by atoms with Crippen molar-refractivity contribution < 1.29 is 4.79 Å². The highest BCUT2D eigenvalue weighted by Crippen LogP contribution is 2.22. The number of aromatic nitrogens is 2. The molecule has 0 unspecified atom stereocenters. The van der Waals surface area contributed by atoms with Gasteiger partial charge in [0, 0.05) is 6.20 Å². The van der Waals surface area contributed by atoms with Crippen LogP contribution in [0.3, 0.4) is 0 Å². The second kappa shape index (κ2) is 5.22. The van der Waals surface area contributed by atoms with Crippen LogP contribution in [0.15, 0.2) is 42.6 Å². The second-order valence-corrected chi connectivity index (χ2v) is 5.27. The molecule has 0 radical (unpaired) electrons. The van der Waals surface area contributed by atoms with E-state index in [0.29, 0.717) is 22.1 Å². The molecule has 106 valence electrons. The normalized spacial score (nSPS) is 10.8. The summed E-state index contributed by atoms with van der Waals surface area (Å²) in [4.78, 5) is 17.0. The van der Waals surface area contributed by atoms with Crippen molar-refractivity contribution in [2.45, 2.75) is 13.8 Å². The highest BCUT2D eigenvalue weighted by molar-refractivity contribution is 6.33. The van der Waals surface area contributed by atoms with Gasteiger partial charge in [-0.25, -0.2) is 4.98 Å². The molecular weight excluding hydrogens is 286 g/mol. The first-order valence-corrected chi connectivity index (χ1v) is 6.96. The van der Waals surface area contributed by atoms with Crippen molar-refractivity contribution in [1.29, 1.82) is 0 Å². The van der Waals surface area contributed by atoms with Gasteiger partial charge >= 0.3 is 0 Å². The minimum absolute atomic E-state index is 0.223. The van der Waals surface area contributed by atoms with Gasteiger partial charge in [0.15, 0.2) is 0 Å². The number of pyridine rings is 1. The second-order valence-electron chi connectivity index (χ2n) is 4.86. The molecule has 2 heterocycles. The van der Waals surface area contributed by atoms with E-state index in [1.54, 1.807) is 16.5 Å². The third kappa shape index (κ3) is 2.38. The lowest BCUT2D eigenvalue weighted by atomic mass is 10.2. The number of fused-ring (bicyclic) bond motifs is 1. The van der Waals surface area contributed by atoms with E-state index in [1.807, 2.05) is 44.3 Å². The van der Waals surface area contributed by atoms with Crippen LogP contribution in [0.2, 0.25) is 5.02 Å². The summed E-state index contributed by atoms with van der Waals surface area (Å²) in [6.07, 6.45) is 1.84. The lowest BCUT2D eigenvalue weighted by Crippen LogP contribution is -2.15. The Morgan fingerprint density at radius 1 is 1.19 bits per heavy atom. The zero-order chi connectivity index (χ0) is 15.0. The number of amides is 1. The van der Waals surface area contributed by atoms with Crippen LogP contribution in [0.4, 0.5) is 5.69 Å². The fourth-order valence-corrected chi connectivity index (χ4v) is 2.52. The zero-order valence-corrected chi connectivity index (χ0v) is 12.5. The standard InChI is InChI=1S/C16H14ClN3O/c1-10-6-5-9-20-14(11(2)18-15(10)20)16(21)19-13-8-4-3-7-12(13)17/h3-9H,1-2H3,(H,19,21). The summed E-state index contributed by atoms with van der Waals surface area (Å²) in [5, 5.41) is 3.34. The quantitative estimate of drug-likeness (QED) is 0.781. The van der Waals surface area contributed by atoms with Crippen LogP contribution in [0.25, 0.3) is 5.65 Å². The van der Waals surface area contributed by atoms with Crippen molar-refractivity contribution in [3.63, 3.8) is 0 Å². The van der Waals surface area contributed by atoms with Crippen LogP contribution < -0.4 is 5.32 Å². The van der Waals surface area contributed by atoms with Crippen LogP contribution in [0.1, 0.15) is 21.7 Å². The summed E-state index contributed by atoms with van der Waals surface area (Å²) >= 11 is 6.08. The van der Waals surface area contributed by atoms with E-state index in [-0.39, 0.29) is 5.91 Å². The van der Waals surface area contributed by atoms with E-state index >= 15 is 0 Å². The van der Waals surface area contributed by atoms with Gasteiger partial charge < -0.3 is 5.32 Å². The molecule has 4 nitrogen and oxygen atoms in total. The van der Waals surface area contributed by atoms with Crippen LogP contribution in [-0.4, -0.2) is 15.3 Å². The number of rotatable bonds is 2. The minimum Gasteiger partial charge on any atom is -0.319 e. The lowest BCUT2D eigenvalue weighted by molar-refractivity contribution is 0.102. The maximum atomic E-state index is 12.5. The zero-order valence-electron chi connectivity index (χ0n) is 11.7. The molecule has 0 spiro atoms. The van der Waals surface area contributed by atoms with Gasteiger partial charge in [-0.1, -0.05) is 29.8 Å². The lowest BCUT2D eigenvalue weighted by Gasteiger charge is -2.07. The number of carbonyl (C=O) groups is 1. The Hall–Kier alpha value is -2.33. The molecule has 3 aromatic rings. The summed E-state index contributed by atoms with van der Waals surface area (Å²) < 4.78 is 1.80. The molecule has 0 atom stereocenters. The average molecular weight is 300 g/mol. The van der Waals surface area contributed by atoms with Crippen molar-refractivity contribution in [2.75, 3.05) is 5.32 Å². The smallest absolute Gasteiger partial charge is 0.274 e. The predicted molar refractivity (Wildman–Crippen MR) is 84.1 cm³/mol. The first-order valence-electron chi connectivity index (χ1n) is 6.58. The number of hydrogen-bond donors (Lipinski definition) is 1. The Labute approximate surface area is 127 Å². The summed E-state index contributed by atoms with van der Waals surface area (Å²) in [7, 11) is 0. The number of anilines is 1. The number of nitrogens with one attached hydrogen (secondary N) is 1.